The monoisotopic (exact) mass is 236 g/mol. The Morgan fingerprint density at radius 1 is 1.47 bits per heavy atom. The quantitative estimate of drug-likeness (QED) is 0.776. The molecule has 2 rings (SSSR count). The van der Waals surface area contributed by atoms with Gasteiger partial charge in [0.05, 0.1) is 0 Å². The third kappa shape index (κ3) is 2.71. The van der Waals surface area contributed by atoms with Crippen LogP contribution in [0.3, 0.4) is 0 Å². The number of hydrogen-bond donors (Lipinski definition) is 2. The second-order valence-electron chi connectivity index (χ2n) is 4.09. The van der Waals surface area contributed by atoms with Crippen LogP contribution < -0.4 is 15.8 Å². The Hall–Kier alpha value is -1.69. The van der Waals surface area contributed by atoms with Gasteiger partial charge in [0.2, 0.25) is 5.88 Å². The highest BCUT2D eigenvalue weighted by Crippen LogP contribution is 2.21. The maximum atomic E-state index is 11.2. The zero-order chi connectivity index (χ0) is 12.3. The van der Waals surface area contributed by atoms with Crippen molar-refractivity contribution in [2.75, 3.05) is 7.05 Å². The Balaban J connectivity index is 2.00. The second-order valence-corrected chi connectivity index (χ2v) is 4.09. The van der Waals surface area contributed by atoms with Gasteiger partial charge in [0.25, 0.3) is 5.91 Å². The molecule has 3 N–H and O–H groups in total. The molecule has 1 amide bonds. The van der Waals surface area contributed by atoms with E-state index in [-0.39, 0.29) is 23.7 Å². The molecule has 2 atom stereocenters. The van der Waals surface area contributed by atoms with E-state index in [1.54, 1.807) is 19.2 Å². The molecule has 0 aromatic carbocycles. The Kier molecular flexibility index (Phi) is 3.53. The standard InChI is InChI=1S/C11H16N4O2/c1-13-11(16)8-5-6-10(15-14-8)17-9-4-2-3-7(9)12/h5-7,9H,2-4,12H2,1H3,(H,13,16). The number of carbonyl (C=O) groups is 1. The van der Waals surface area contributed by atoms with E-state index >= 15 is 0 Å². The molecule has 1 fully saturated rings. The maximum absolute atomic E-state index is 11.2. The number of rotatable bonds is 3. The van der Waals surface area contributed by atoms with Crippen LogP contribution in [0.15, 0.2) is 12.1 Å². The summed E-state index contributed by atoms with van der Waals surface area (Å²) in [5, 5.41) is 10.1. The van der Waals surface area contributed by atoms with Gasteiger partial charge in [-0.05, 0) is 25.3 Å². The van der Waals surface area contributed by atoms with E-state index in [4.69, 9.17) is 10.5 Å². The van der Waals surface area contributed by atoms with Gasteiger partial charge in [-0.15, -0.1) is 10.2 Å². The fourth-order valence-electron chi connectivity index (χ4n) is 1.89. The van der Waals surface area contributed by atoms with Crippen molar-refractivity contribution in [1.29, 1.82) is 0 Å². The zero-order valence-electron chi connectivity index (χ0n) is 9.72. The highest BCUT2D eigenvalue weighted by molar-refractivity contribution is 5.91. The first kappa shape index (κ1) is 11.8. The summed E-state index contributed by atoms with van der Waals surface area (Å²) in [4.78, 5) is 11.2. The summed E-state index contributed by atoms with van der Waals surface area (Å²) in [6.07, 6.45) is 3.01. The lowest BCUT2D eigenvalue weighted by Gasteiger charge is -2.16. The highest BCUT2D eigenvalue weighted by Gasteiger charge is 2.26. The average molecular weight is 236 g/mol. The molecule has 1 aliphatic rings. The first-order valence-corrected chi connectivity index (χ1v) is 5.69. The van der Waals surface area contributed by atoms with Crippen LogP contribution in [-0.4, -0.2) is 35.3 Å². The molecular formula is C11H16N4O2. The van der Waals surface area contributed by atoms with E-state index in [0.717, 1.165) is 19.3 Å². The van der Waals surface area contributed by atoms with E-state index in [9.17, 15) is 4.79 Å². The molecule has 1 aromatic heterocycles. The SMILES string of the molecule is CNC(=O)c1ccc(OC2CCCC2N)nn1. The predicted molar refractivity (Wildman–Crippen MR) is 61.7 cm³/mol. The molecule has 0 aliphatic heterocycles. The van der Waals surface area contributed by atoms with Crippen LogP contribution in [0.1, 0.15) is 29.8 Å². The molecule has 0 saturated heterocycles. The number of carbonyl (C=O) groups excluding carboxylic acids is 1. The molecule has 2 unspecified atom stereocenters. The third-order valence-corrected chi connectivity index (χ3v) is 2.88. The molecule has 1 aliphatic carbocycles. The van der Waals surface area contributed by atoms with Crippen molar-refractivity contribution in [3.05, 3.63) is 17.8 Å². The van der Waals surface area contributed by atoms with E-state index < -0.39 is 0 Å². The van der Waals surface area contributed by atoms with Gasteiger partial charge in [-0.25, -0.2) is 0 Å². The first-order valence-electron chi connectivity index (χ1n) is 5.69. The number of ether oxygens (including phenoxy) is 1. The summed E-state index contributed by atoms with van der Waals surface area (Å²) in [6, 6.07) is 3.29. The first-order chi connectivity index (χ1) is 8.20. The van der Waals surface area contributed by atoms with Crippen molar-refractivity contribution in [2.24, 2.45) is 5.73 Å². The Labute approximate surface area is 99.6 Å². The van der Waals surface area contributed by atoms with Crippen molar-refractivity contribution < 1.29 is 9.53 Å². The Morgan fingerprint density at radius 3 is 2.82 bits per heavy atom. The molecule has 1 saturated carbocycles. The van der Waals surface area contributed by atoms with Gasteiger partial charge in [-0.3, -0.25) is 4.79 Å². The van der Waals surface area contributed by atoms with E-state index in [1.807, 2.05) is 0 Å². The maximum Gasteiger partial charge on any atom is 0.271 e. The van der Waals surface area contributed by atoms with Gasteiger partial charge in [-0.1, -0.05) is 0 Å². The molecular weight excluding hydrogens is 220 g/mol. The van der Waals surface area contributed by atoms with Crippen molar-refractivity contribution in [3.63, 3.8) is 0 Å². The molecule has 1 heterocycles. The molecule has 0 spiro atoms. The predicted octanol–water partition coefficient (Wildman–Crippen LogP) is 0.0948. The molecule has 6 nitrogen and oxygen atoms in total. The summed E-state index contributed by atoms with van der Waals surface area (Å²) < 4.78 is 5.63. The molecule has 0 bridgehead atoms. The summed E-state index contributed by atoms with van der Waals surface area (Å²) in [6.45, 7) is 0. The van der Waals surface area contributed by atoms with Crippen molar-refractivity contribution in [1.82, 2.24) is 15.5 Å². The van der Waals surface area contributed by atoms with Crippen LogP contribution in [-0.2, 0) is 0 Å². The van der Waals surface area contributed by atoms with Crippen molar-refractivity contribution >= 4 is 5.91 Å². The lowest BCUT2D eigenvalue weighted by molar-refractivity contribution is 0.0956. The van der Waals surface area contributed by atoms with E-state index in [1.165, 1.54) is 0 Å². The summed E-state index contributed by atoms with van der Waals surface area (Å²) in [5.41, 5.74) is 6.16. The Bertz CT molecular complexity index is 393. The minimum Gasteiger partial charge on any atom is -0.472 e. The number of aromatic nitrogens is 2. The molecule has 1 aromatic rings. The van der Waals surface area contributed by atoms with Crippen LogP contribution in [0.5, 0.6) is 5.88 Å². The summed E-state index contributed by atoms with van der Waals surface area (Å²) in [7, 11) is 1.55. The van der Waals surface area contributed by atoms with Gasteiger partial charge in [0, 0.05) is 19.2 Å². The van der Waals surface area contributed by atoms with E-state index in [2.05, 4.69) is 15.5 Å². The van der Waals surface area contributed by atoms with Gasteiger partial charge in [-0.2, -0.15) is 0 Å². The molecule has 0 radical (unpaired) electrons. The van der Waals surface area contributed by atoms with Gasteiger partial charge < -0.3 is 15.8 Å². The number of nitrogens with zero attached hydrogens (tertiary/aromatic N) is 2. The minimum absolute atomic E-state index is 0.00940. The van der Waals surface area contributed by atoms with E-state index in [0.29, 0.717) is 5.88 Å². The third-order valence-electron chi connectivity index (χ3n) is 2.88. The van der Waals surface area contributed by atoms with Gasteiger partial charge in [0.15, 0.2) is 5.69 Å². The molecule has 92 valence electrons. The number of nitrogens with one attached hydrogen (secondary N) is 1. The summed E-state index contributed by atoms with van der Waals surface area (Å²) in [5.74, 6) is 0.154. The average Bonchev–Trinajstić information content (AvgIpc) is 2.75. The lowest BCUT2D eigenvalue weighted by atomic mass is 10.2. The van der Waals surface area contributed by atoms with Gasteiger partial charge in [0.1, 0.15) is 6.10 Å². The molecule has 17 heavy (non-hydrogen) atoms. The normalized spacial score (nSPS) is 23.4. The van der Waals surface area contributed by atoms with Crippen LogP contribution in [0, 0.1) is 0 Å². The largest absolute Gasteiger partial charge is 0.472 e. The zero-order valence-corrected chi connectivity index (χ0v) is 9.72. The number of hydrogen-bond acceptors (Lipinski definition) is 5. The van der Waals surface area contributed by atoms with Crippen LogP contribution >= 0.6 is 0 Å². The van der Waals surface area contributed by atoms with Gasteiger partial charge >= 0.3 is 0 Å². The minimum atomic E-state index is -0.262. The topological polar surface area (TPSA) is 90.1 Å². The molecule has 6 heteroatoms. The van der Waals surface area contributed by atoms with Crippen LogP contribution in [0.25, 0.3) is 0 Å². The Morgan fingerprint density at radius 2 is 2.29 bits per heavy atom. The summed E-state index contributed by atoms with van der Waals surface area (Å²) >= 11 is 0. The lowest BCUT2D eigenvalue weighted by Crippen LogP contribution is -2.33. The van der Waals surface area contributed by atoms with Crippen molar-refractivity contribution in [2.45, 2.75) is 31.4 Å². The number of nitrogens with two attached hydrogens (primary N) is 1. The fraction of sp³-hybridized carbons (Fsp3) is 0.545. The smallest absolute Gasteiger partial charge is 0.271 e. The van der Waals surface area contributed by atoms with Crippen LogP contribution in [0.4, 0.5) is 0 Å². The van der Waals surface area contributed by atoms with Crippen molar-refractivity contribution in [3.8, 4) is 5.88 Å². The fourth-order valence-corrected chi connectivity index (χ4v) is 1.89. The van der Waals surface area contributed by atoms with Crippen LogP contribution in [0.2, 0.25) is 0 Å². The highest BCUT2D eigenvalue weighted by atomic mass is 16.5. The number of amides is 1. The second kappa shape index (κ2) is 5.09.